The molecule has 0 fully saturated rings. The molecule has 3 atom stereocenters. The van der Waals surface area contributed by atoms with E-state index in [9.17, 15) is 18.3 Å². The van der Waals surface area contributed by atoms with Crippen molar-refractivity contribution in [3.8, 4) is 5.75 Å². The van der Waals surface area contributed by atoms with E-state index in [1.807, 2.05) is 38.1 Å². The lowest BCUT2D eigenvalue weighted by molar-refractivity contribution is -0.137. The van der Waals surface area contributed by atoms with Crippen LogP contribution in [0, 0.1) is 0 Å². The van der Waals surface area contributed by atoms with Crippen LogP contribution in [0.5, 0.6) is 5.75 Å². The molecule has 3 unspecified atom stereocenters. The van der Waals surface area contributed by atoms with Gasteiger partial charge in [-0.2, -0.15) is 13.2 Å². The first-order valence-corrected chi connectivity index (χ1v) is 9.28. The molecule has 0 amide bonds. The van der Waals surface area contributed by atoms with Gasteiger partial charge in [-0.1, -0.05) is 31.2 Å². The monoisotopic (exact) mass is 396 g/mol. The maximum Gasteiger partial charge on any atom is 0.416 e. The molecule has 2 rings (SSSR count). The van der Waals surface area contributed by atoms with Gasteiger partial charge in [0, 0.05) is 12.6 Å². The minimum Gasteiger partial charge on any atom is -0.476 e. The quantitative estimate of drug-likeness (QED) is 0.560. The molecule has 2 aromatic carbocycles. The molecule has 0 saturated heterocycles. The van der Waals surface area contributed by atoms with Gasteiger partial charge in [-0.05, 0) is 55.2 Å². The Bertz CT molecular complexity index is 735. The Kier molecular flexibility index (Phi) is 7.86. The lowest BCUT2D eigenvalue weighted by Gasteiger charge is -2.19. The number of ether oxygens (including phenoxy) is 1. The van der Waals surface area contributed by atoms with Crippen LogP contribution in [0.2, 0.25) is 0 Å². The third kappa shape index (κ3) is 6.82. The van der Waals surface area contributed by atoms with E-state index in [4.69, 9.17) is 10.5 Å². The van der Waals surface area contributed by atoms with E-state index in [-0.39, 0.29) is 24.4 Å². The number of nitrogens with one attached hydrogen (secondary N) is 1. The Hall–Kier alpha value is -2.09. The third-order valence-corrected chi connectivity index (χ3v) is 4.41. The van der Waals surface area contributed by atoms with Crippen LogP contribution in [0.15, 0.2) is 48.5 Å². The van der Waals surface area contributed by atoms with E-state index in [1.54, 1.807) is 0 Å². The number of alkyl halides is 3. The summed E-state index contributed by atoms with van der Waals surface area (Å²) in [6.07, 6.45) is -4.35. The molecule has 154 valence electrons. The zero-order chi connectivity index (χ0) is 20.7. The summed E-state index contributed by atoms with van der Waals surface area (Å²) in [6, 6.07) is 12.4. The van der Waals surface area contributed by atoms with Crippen molar-refractivity contribution in [2.24, 2.45) is 5.73 Å². The Morgan fingerprint density at radius 3 is 2.43 bits per heavy atom. The Morgan fingerprint density at radius 1 is 1.14 bits per heavy atom. The molecule has 0 aliphatic heterocycles. The van der Waals surface area contributed by atoms with E-state index >= 15 is 0 Å². The Labute approximate surface area is 163 Å². The van der Waals surface area contributed by atoms with Crippen molar-refractivity contribution in [1.82, 2.24) is 5.32 Å². The van der Waals surface area contributed by atoms with Crippen molar-refractivity contribution in [2.45, 2.75) is 51.2 Å². The molecule has 0 bridgehead atoms. The molecule has 0 aliphatic rings. The first-order chi connectivity index (χ1) is 13.2. The van der Waals surface area contributed by atoms with E-state index in [0.717, 1.165) is 24.1 Å². The van der Waals surface area contributed by atoms with Gasteiger partial charge in [0.2, 0.25) is 0 Å². The fraction of sp³-hybridized carbons (Fsp3) is 0.429. The number of hydrogen-bond donors (Lipinski definition) is 3. The van der Waals surface area contributed by atoms with E-state index < -0.39 is 17.8 Å². The number of aliphatic hydroxyl groups excluding tert-OH is 1. The standard InChI is InChI=1S/C21H27F3N2O2/c1-3-20(25)28-18-9-7-15(8-10-18)11-14(2)26-13-19(27)16-5-4-6-17(12-16)21(22,23)24/h4-10,12,14,19-20,26-27H,3,11,13,25H2,1-2H3. The SMILES string of the molecule is CCC(N)Oc1ccc(CC(C)NCC(O)c2cccc(C(F)(F)F)c2)cc1. The summed E-state index contributed by atoms with van der Waals surface area (Å²) in [5.74, 6) is 0.707. The number of benzene rings is 2. The van der Waals surface area contributed by atoms with Gasteiger partial charge in [0.25, 0.3) is 0 Å². The van der Waals surface area contributed by atoms with Crippen LogP contribution < -0.4 is 15.8 Å². The van der Waals surface area contributed by atoms with Gasteiger partial charge in [-0.15, -0.1) is 0 Å². The molecule has 0 aliphatic carbocycles. The summed E-state index contributed by atoms with van der Waals surface area (Å²) in [5.41, 5.74) is 6.31. The fourth-order valence-corrected chi connectivity index (χ4v) is 2.74. The second kappa shape index (κ2) is 9.91. The van der Waals surface area contributed by atoms with Crippen molar-refractivity contribution in [3.05, 3.63) is 65.2 Å². The molecule has 0 spiro atoms. The number of nitrogens with two attached hydrogens (primary N) is 1. The molecule has 4 nitrogen and oxygen atoms in total. The molecule has 7 heteroatoms. The largest absolute Gasteiger partial charge is 0.476 e. The van der Waals surface area contributed by atoms with Gasteiger partial charge in [0.1, 0.15) is 12.0 Å². The van der Waals surface area contributed by atoms with Crippen molar-refractivity contribution in [1.29, 1.82) is 0 Å². The lowest BCUT2D eigenvalue weighted by atomic mass is 10.0. The molecular weight excluding hydrogens is 369 g/mol. The minimum absolute atomic E-state index is 0.0325. The van der Waals surface area contributed by atoms with Crippen LogP contribution in [0.3, 0.4) is 0 Å². The molecule has 4 N–H and O–H groups in total. The van der Waals surface area contributed by atoms with Crippen molar-refractivity contribution in [2.75, 3.05) is 6.54 Å². The fourth-order valence-electron chi connectivity index (χ4n) is 2.74. The maximum absolute atomic E-state index is 12.8. The predicted octanol–water partition coefficient (Wildman–Crippen LogP) is 4.03. The number of halogens is 3. The maximum atomic E-state index is 12.8. The molecule has 28 heavy (non-hydrogen) atoms. The molecule has 0 aromatic heterocycles. The van der Waals surface area contributed by atoms with Crippen molar-refractivity contribution < 1.29 is 23.0 Å². The number of rotatable bonds is 9. The van der Waals surface area contributed by atoms with Gasteiger partial charge >= 0.3 is 6.18 Å². The molecular formula is C21H27F3N2O2. The first-order valence-electron chi connectivity index (χ1n) is 9.28. The third-order valence-electron chi connectivity index (χ3n) is 4.41. The van der Waals surface area contributed by atoms with E-state index in [2.05, 4.69) is 5.32 Å². The highest BCUT2D eigenvalue weighted by Crippen LogP contribution is 2.30. The zero-order valence-corrected chi connectivity index (χ0v) is 16.0. The van der Waals surface area contributed by atoms with Gasteiger partial charge in [0.15, 0.2) is 0 Å². The zero-order valence-electron chi connectivity index (χ0n) is 16.0. The summed E-state index contributed by atoms with van der Waals surface area (Å²) in [6.45, 7) is 4.06. The highest BCUT2D eigenvalue weighted by molar-refractivity contribution is 5.28. The molecule has 0 saturated carbocycles. The van der Waals surface area contributed by atoms with Crippen LogP contribution in [0.4, 0.5) is 13.2 Å². The normalized spacial score (nSPS) is 15.1. The van der Waals surface area contributed by atoms with Crippen LogP contribution >= 0.6 is 0 Å². The highest BCUT2D eigenvalue weighted by Gasteiger charge is 2.30. The predicted molar refractivity (Wildman–Crippen MR) is 103 cm³/mol. The second-order valence-corrected chi connectivity index (χ2v) is 6.86. The van der Waals surface area contributed by atoms with Crippen LogP contribution in [0.25, 0.3) is 0 Å². The molecule has 0 heterocycles. The smallest absolute Gasteiger partial charge is 0.416 e. The number of aliphatic hydroxyl groups is 1. The van der Waals surface area contributed by atoms with Crippen LogP contribution in [-0.4, -0.2) is 23.9 Å². The topological polar surface area (TPSA) is 67.5 Å². The van der Waals surface area contributed by atoms with E-state index in [1.165, 1.54) is 12.1 Å². The van der Waals surface area contributed by atoms with Crippen molar-refractivity contribution >= 4 is 0 Å². The van der Waals surface area contributed by atoms with Gasteiger partial charge in [-0.25, -0.2) is 0 Å². The number of hydrogen-bond acceptors (Lipinski definition) is 4. The summed E-state index contributed by atoms with van der Waals surface area (Å²) in [4.78, 5) is 0. The average Bonchev–Trinajstić information content (AvgIpc) is 2.67. The Balaban J connectivity index is 1.86. The summed E-state index contributed by atoms with van der Waals surface area (Å²) >= 11 is 0. The Morgan fingerprint density at radius 2 is 1.82 bits per heavy atom. The first kappa shape index (κ1) is 22.2. The highest BCUT2D eigenvalue weighted by atomic mass is 19.4. The van der Waals surface area contributed by atoms with Gasteiger partial charge in [-0.3, -0.25) is 5.73 Å². The second-order valence-electron chi connectivity index (χ2n) is 6.86. The molecule has 0 radical (unpaired) electrons. The summed E-state index contributed by atoms with van der Waals surface area (Å²) in [5, 5.41) is 13.4. The van der Waals surface area contributed by atoms with E-state index in [0.29, 0.717) is 12.2 Å². The summed E-state index contributed by atoms with van der Waals surface area (Å²) in [7, 11) is 0. The van der Waals surface area contributed by atoms with Crippen LogP contribution in [0.1, 0.15) is 43.1 Å². The van der Waals surface area contributed by atoms with Gasteiger partial charge in [0.05, 0.1) is 11.7 Å². The minimum atomic E-state index is -4.42. The summed E-state index contributed by atoms with van der Waals surface area (Å²) < 4.78 is 43.9. The van der Waals surface area contributed by atoms with Crippen LogP contribution in [-0.2, 0) is 12.6 Å². The average molecular weight is 396 g/mol. The van der Waals surface area contributed by atoms with Crippen molar-refractivity contribution in [3.63, 3.8) is 0 Å². The van der Waals surface area contributed by atoms with Gasteiger partial charge < -0.3 is 15.2 Å². The lowest BCUT2D eigenvalue weighted by Crippen LogP contribution is -2.32. The molecule has 2 aromatic rings.